The molecule has 0 saturated heterocycles. The zero-order chi connectivity index (χ0) is 10.0. The summed E-state index contributed by atoms with van der Waals surface area (Å²) in [5.74, 6) is -3.65. The molecule has 1 aromatic heterocycles. The van der Waals surface area contributed by atoms with Crippen LogP contribution in [0.1, 0.15) is 5.69 Å². The monoisotopic (exact) mass is 189 g/mol. The van der Waals surface area contributed by atoms with Gasteiger partial charge in [-0.2, -0.15) is 0 Å². The van der Waals surface area contributed by atoms with E-state index in [0.29, 0.717) is 6.07 Å². The first kappa shape index (κ1) is 9.37. The lowest BCUT2D eigenvalue weighted by Crippen LogP contribution is -2.17. The van der Waals surface area contributed by atoms with Crippen molar-refractivity contribution in [2.24, 2.45) is 0 Å². The molecule has 0 unspecified atom stereocenters. The Morgan fingerprint density at radius 3 is 2.62 bits per heavy atom. The van der Waals surface area contributed by atoms with Gasteiger partial charge in [-0.25, -0.2) is 8.78 Å². The number of nitrogens with one attached hydrogen (secondary N) is 1. The summed E-state index contributed by atoms with van der Waals surface area (Å²) in [7, 11) is 0. The van der Waals surface area contributed by atoms with Crippen molar-refractivity contribution in [2.75, 3.05) is 0 Å². The van der Waals surface area contributed by atoms with Crippen molar-refractivity contribution in [1.29, 1.82) is 0 Å². The number of carboxylic acids is 1. The molecular weight excluding hydrogens is 184 g/mol. The van der Waals surface area contributed by atoms with Gasteiger partial charge in [0.25, 0.3) is 5.56 Å². The van der Waals surface area contributed by atoms with E-state index in [1.54, 1.807) is 4.98 Å². The van der Waals surface area contributed by atoms with Crippen LogP contribution in [0.5, 0.6) is 0 Å². The van der Waals surface area contributed by atoms with Crippen LogP contribution in [0.4, 0.5) is 8.78 Å². The normalized spacial score (nSPS) is 10.0. The predicted octanol–water partition coefficient (Wildman–Crippen LogP) is 0.280. The van der Waals surface area contributed by atoms with Crippen molar-refractivity contribution < 1.29 is 18.7 Å². The topological polar surface area (TPSA) is 70.2 Å². The van der Waals surface area contributed by atoms with E-state index in [0.717, 1.165) is 0 Å². The second-order valence-electron chi connectivity index (χ2n) is 2.34. The summed E-state index contributed by atoms with van der Waals surface area (Å²) in [5, 5.41) is 8.27. The number of aromatic amines is 1. The standard InChI is InChI=1S/C7H5F2NO3/c8-3-1-4(9)7(13)10-5(3)2-6(11)12/h1H,2H2,(H,10,13)(H,11,12). The molecule has 0 spiro atoms. The maximum atomic E-state index is 12.7. The third kappa shape index (κ3) is 2.11. The van der Waals surface area contributed by atoms with E-state index in [9.17, 15) is 18.4 Å². The molecule has 0 bridgehead atoms. The Kier molecular flexibility index (Phi) is 2.41. The number of carboxylic acid groups (broad SMARTS) is 1. The van der Waals surface area contributed by atoms with Gasteiger partial charge in [-0.05, 0) is 0 Å². The average molecular weight is 189 g/mol. The van der Waals surface area contributed by atoms with E-state index in [2.05, 4.69) is 0 Å². The lowest BCUT2D eigenvalue weighted by Gasteiger charge is -1.98. The lowest BCUT2D eigenvalue weighted by molar-refractivity contribution is -0.136. The number of hydrogen-bond donors (Lipinski definition) is 2. The summed E-state index contributed by atoms with van der Waals surface area (Å²) in [6.07, 6.45) is -0.679. The third-order valence-electron chi connectivity index (χ3n) is 1.35. The van der Waals surface area contributed by atoms with Crippen molar-refractivity contribution in [3.8, 4) is 0 Å². The number of rotatable bonds is 2. The second-order valence-corrected chi connectivity index (χ2v) is 2.34. The highest BCUT2D eigenvalue weighted by molar-refractivity contribution is 5.69. The number of halogens is 2. The molecule has 70 valence electrons. The van der Waals surface area contributed by atoms with Crippen LogP contribution in [0.25, 0.3) is 0 Å². The van der Waals surface area contributed by atoms with Gasteiger partial charge in [0.05, 0.1) is 12.1 Å². The van der Waals surface area contributed by atoms with Gasteiger partial charge in [0.15, 0.2) is 5.82 Å². The first-order valence-corrected chi connectivity index (χ1v) is 3.29. The number of H-pyrrole nitrogens is 1. The first-order valence-electron chi connectivity index (χ1n) is 3.29. The maximum absolute atomic E-state index is 12.7. The van der Waals surface area contributed by atoms with E-state index in [1.165, 1.54) is 0 Å². The smallest absolute Gasteiger partial charge is 0.309 e. The summed E-state index contributed by atoms with van der Waals surface area (Å²) in [6.45, 7) is 0. The summed E-state index contributed by atoms with van der Waals surface area (Å²) in [5.41, 5.74) is -1.56. The Bertz CT molecular complexity index is 399. The number of hydrogen-bond acceptors (Lipinski definition) is 2. The highest BCUT2D eigenvalue weighted by Gasteiger charge is 2.10. The highest BCUT2D eigenvalue weighted by Crippen LogP contribution is 2.03. The highest BCUT2D eigenvalue weighted by atomic mass is 19.1. The van der Waals surface area contributed by atoms with Crippen LogP contribution in [0.15, 0.2) is 10.9 Å². The fraction of sp³-hybridized carbons (Fsp3) is 0.143. The van der Waals surface area contributed by atoms with Gasteiger partial charge < -0.3 is 10.1 Å². The SMILES string of the molecule is O=C(O)Cc1[nH]c(=O)c(F)cc1F. The molecule has 0 aliphatic rings. The van der Waals surface area contributed by atoms with Gasteiger partial charge in [0, 0.05) is 6.07 Å². The van der Waals surface area contributed by atoms with Crippen LogP contribution >= 0.6 is 0 Å². The van der Waals surface area contributed by atoms with Crippen LogP contribution in [0, 0.1) is 11.6 Å². The zero-order valence-corrected chi connectivity index (χ0v) is 6.30. The van der Waals surface area contributed by atoms with Crippen LogP contribution in [-0.4, -0.2) is 16.1 Å². The number of pyridine rings is 1. The maximum Gasteiger partial charge on any atom is 0.309 e. The minimum atomic E-state index is -1.30. The van der Waals surface area contributed by atoms with E-state index in [-0.39, 0.29) is 0 Å². The summed E-state index contributed by atoms with van der Waals surface area (Å²) < 4.78 is 25.1. The van der Waals surface area contributed by atoms with Gasteiger partial charge in [0.2, 0.25) is 0 Å². The average Bonchev–Trinajstić information content (AvgIpc) is 1.99. The Morgan fingerprint density at radius 1 is 1.46 bits per heavy atom. The van der Waals surface area contributed by atoms with Crippen LogP contribution in [0.2, 0.25) is 0 Å². The Morgan fingerprint density at radius 2 is 2.08 bits per heavy atom. The molecule has 4 nitrogen and oxygen atoms in total. The molecule has 13 heavy (non-hydrogen) atoms. The molecule has 0 radical (unpaired) electrons. The van der Waals surface area contributed by atoms with Crippen molar-refractivity contribution in [1.82, 2.24) is 4.98 Å². The summed E-state index contributed by atoms with van der Waals surface area (Å²) in [4.78, 5) is 22.5. The van der Waals surface area contributed by atoms with Gasteiger partial charge in [-0.15, -0.1) is 0 Å². The number of aromatic nitrogens is 1. The van der Waals surface area contributed by atoms with Crippen molar-refractivity contribution in [2.45, 2.75) is 6.42 Å². The Hall–Kier alpha value is -1.72. The molecule has 0 atom stereocenters. The quantitative estimate of drug-likeness (QED) is 0.701. The zero-order valence-electron chi connectivity index (χ0n) is 6.30. The van der Waals surface area contributed by atoms with E-state index in [1.807, 2.05) is 0 Å². The Labute approximate surface area is 70.8 Å². The summed E-state index contributed by atoms with van der Waals surface area (Å²) in [6, 6.07) is 0.358. The second kappa shape index (κ2) is 3.34. The minimum absolute atomic E-state index is 0.358. The largest absolute Gasteiger partial charge is 0.481 e. The molecule has 1 heterocycles. The van der Waals surface area contributed by atoms with Gasteiger partial charge >= 0.3 is 5.97 Å². The molecule has 1 aromatic rings. The van der Waals surface area contributed by atoms with Crippen molar-refractivity contribution >= 4 is 5.97 Å². The van der Waals surface area contributed by atoms with Crippen molar-refractivity contribution in [3.05, 3.63) is 33.7 Å². The van der Waals surface area contributed by atoms with Gasteiger partial charge in [-0.1, -0.05) is 0 Å². The van der Waals surface area contributed by atoms with Crippen LogP contribution in [0.3, 0.4) is 0 Å². The predicted molar refractivity (Wildman–Crippen MR) is 38.3 cm³/mol. The molecule has 0 aliphatic carbocycles. The Balaban J connectivity index is 3.16. The fourth-order valence-electron chi connectivity index (χ4n) is 0.800. The molecule has 0 saturated carbocycles. The van der Waals surface area contributed by atoms with E-state index >= 15 is 0 Å². The van der Waals surface area contributed by atoms with Gasteiger partial charge in [0.1, 0.15) is 5.82 Å². The molecule has 6 heteroatoms. The lowest BCUT2D eigenvalue weighted by atomic mass is 10.2. The van der Waals surface area contributed by atoms with Crippen LogP contribution in [-0.2, 0) is 11.2 Å². The number of aliphatic carboxylic acids is 1. The third-order valence-corrected chi connectivity index (χ3v) is 1.35. The van der Waals surface area contributed by atoms with Crippen molar-refractivity contribution in [3.63, 3.8) is 0 Å². The summed E-state index contributed by atoms with van der Waals surface area (Å²) >= 11 is 0. The molecule has 0 amide bonds. The van der Waals surface area contributed by atoms with Crippen LogP contribution < -0.4 is 5.56 Å². The molecule has 2 N–H and O–H groups in total. The molecule has 0 fully saturated rings. The first-order chi connectivity index (χ1) is 6.00. The molecule has 0 aromatic carbocycles. The molecular formula is C7H5F2NO3. The fourth-order valence-corrected chi connectivity index (χ4v) is 0.800. The molecule has 1 rings (SSSR count). The minimum Gasteiger partial charge on any atom is -0.481 e. The van der Waals surface area contributed by atoms with Gasteiger partial charge in [-0.3, -0.25) is 9.59 Å². The number of carbonyl (C=O) groups is 1. The van der Waals surface area contributed by atoms with E-state index < -0.39 is 35.3 Å². The molecule has 0 aliphatic heterocycles. The van der Waals surface area contributed by atoms with E-state index in [4.69, 9.17) is 5.11 Å².